The molecule has 0 bridgehead atoms. The maximum absolute atomic E-state index is 4.34. The van der Waals surface area contributed by atoms with Gasteiger partial charge >= 0.3 is 0 Å². The summed E-state index contributed by atoms with van der Waals surface area (Å²) in [6, 6.07) is 8.25. The SMILES string of the molecule is Cc1ccncc1CN[C@@H](C)c1ccccn1. The number of nitrogens with zero attached hydrogens (tertiary/aromatic N) is 2. The third-order valence-electron chi connectivity index (χ3n) is 2.88. The van der Waals surface area contributed by atoms with Gasteiger partial charge in [0.25, 0.3) is 0 Å². The lowest BCUT2D eigenvalue weighted by Gasteiger charge is -2.14. The Bertz CT molecular complexity index is 468. The summed E-state index contributed by atoms with van der Waals surface area (Å²) in [5.41, 5.74) is 3.56. The van der Waals surface area contributed by atoms with E-state index in [0.717, 1.165) is 12.2 Å². The lowest BCUT2D eigenvalue weighted by atomic mass is 10.1. The second-order valence-corrected chi connectivity index (χ2v) is 4.16. The van der Waals surface area contributed by atoms with E-state index in [9.17, 15) is 0 Å². The van der Waals surface area contributed by atoms with Gasteiger partial charge in [-0.3, -0.25) is 9.97 Å². The van der Waals surface area contributed by atoms with E-state index in [1.807, 2.05) is 42.9 Å². The highest BCUT2D eigenvalue weighted by Crippen LogP contribution is 2.10. The van der Waals surface area contributed by atoms with Gasteiger partial charge in [0.2, 0.25) is 0 Å². The Labute approximate surface area is 102 Å². The molecule has 0 fully saturated rings. The summed E-state index contributed by atoms with van der Waals surface area (Å²) in [5.74, 6) is 0. The molecule has 0 saturated heterocycles. The van der Waals surface area contributed by atoms with Gasteiger partial charge in [-0.15, -0.1) is 0 Å². The molecule has 88 valence electrons. The molecular formula is C14H17N3. The van der Waals surface area contributed by atoms with Crippen molar-refractivity contribution in [2.45, 2.75) is 26.4 Å². The predicted molar refractivity (Wildman–Crippen MR) is 68.5 cm³/mol. The van der Waals surface area contributed by atoms with Gasteiger partial charge < -0.3 is 5.32 Å². The Morgan fingerprint density at radius 2 is 2.12 bits per heavy atom. The molecule has 2 rings (SSSR count). The van der Waals surface area contributed by atoms with Gasteiger partial charge in [-0.1, -0.05) is 6.07 Å². The maximum Gasteiger partial charge on any atom is 0.0570 e. The summed E-state index contributed by atoms with van der Waals surface area (Å²) in [7, 11) is 0. The van der Waals surface area contributed by atoms with Crippen LogP contribution in [0.2, 0.25) is 0 Å². The molecule has 2 heterocycles. The smallest absolute Gasteiger partial charge is 0.0570 e. The van der Waals surface area contributed by atoms with Crippen LogP contribution in [0.1, 0.15) is 29.8 Å². The first-order valence-corrected chi connectivity index (χ1v) is 5.81. The van der Waals surface area contributed by atoms with Crippen molar-refractivity contribution in [2.75, 3.05) is 0 Å². The fourth-order valence-electron chi connectivity index (χ4n) is 1.68. The van der Waals surface area contributed by atoms with Crippen LogP contribution in [0.3, 0.4) is 0 Å². The van der Waals surface area contributed by atoms with Crippen LogP contribution < -0.4 is 5.32 Å². The molecular weight excluding hydrogens is 210 g/mol. The molecule has 0 saturated carbocycles. The summed E-state index contributed by atoms with van der Waals surface area (Å²) >= 11 is 0. The normalized spacial score (nSPS) is 12.4. The van der Waals surface area contributed by atoms with Crippen LogP contribution in [0, 0.1) is 6.92 Å². The monoisotopic (exact) mass is 227 g/mol. The van der Waals surface area contributed by atoms with Crippen molar-refractivity contribution >= 4 is 0 Å². The molecule has 0 aliphatic carbocycles. The lowest BCUT2D eigenvalue weighted by Crippen LogP contribution is -2.19. The zero-order valence-electron chi connectivity index (χ0n) is 10.2. The summed E-state index contributed by atoms with van der Waals surface area (Å²) < 4.78 is 0. The number of aromatic nitrogens is 2. The Morgan fingerprint density at radius 1 is 1.24 bits per heavy atom. The molecule has 1 atom stereocenters. The van der Waals surface area contributed by atoms with Crippen LogP contribution in [0.15, 0.2) is 42.9 Å². The van der Waals surface area contributed by atoms with Gasteiger partial charge in [0.05, 0.1) is 5.69 Å². The van der Waals surface area contributed by atoms with E-state index in [4.69, 9.17) is 0 Å². The van der Waals surface area contributed by atoms with Crippen LogP contribution in [0.5, 0.6) is 0 Å². The van der Waals surface area contributed by atoms with E-state index < -0.39 is 0 Å². The quantitative estimate of drug-likeness (QED) is 0.872. The van der Waals surface area contributed by atoms with Crippen LogP contribution >= 0.6 is 0 Å². The van der Waals surface area contributed by atoms with Gasteiger partial charge in [0.1, 0.15) is 0 Å². The second-order valence-electron chi connectivity index (χ2n) is 4.16. The van der Waals surface area contributed by atoms with E-state index >= 15 is 0 Å². The minimum atomic E-state index is 0.246. The van der Waals surface area contributed by atoms with Crippen molar-refractivity contribution < 1.29 is 0 Å². The average molecular weight is 227 g/mol. The first-order chi connectivity index (χ1) is 8.27. The van der Waals surface area contributed by atoms with Gasteiger partial charge in [-0.2, -0.15) is 0 Å². The zero-order valence-corrected chi connectivity index (χ0v) is 10.2. The Hall–Kier alpha value is -1.74. The zero-order chi connectivity index (χ0) is 12.1. The number of hydrogen-bond acceptors (Lipinski definition) is 3. The van der Waals surface area contributed by atoms with E-state index in [1.54, 1.807) is 0 Å². The minimum Gasteiger partial charge on any atom is -0.305 e. The lowest BCUT2D eigenvalue weighted by molar-refractivity contribution is 0.559. The minimum absolute atomic E-state index is 0.246. The van der Waals surface area contributed by atoms with Crippen molar-refractivity contribution in [1.29, 1.82) is 0 Å². The summed E-state index contributed by atoms with van der Waals surface area (Å²) in [5, 5.41) is 3.45. The second kappa shape index (κ2) is 5.55. The van der Waals surface area contributed by atoms with Gasteiger partial charge in [0.15, 0.2) is 0 Å². The molecule has 0 spiro atoms. The van der Waals surface area contributed by atoms with E-state index in [-0.39, 0.29) is 6.04 Å². The first kappa shape index (κ1) is 11.7. The van der Waals surface area contributed by atoms with Crippen molar-refractivity contribution in [1.82, 2.24) is 15.3 Å². The predicted octanol–water partition coefficient (Wildman–Crippen LogP) is 2.64. The molecule has 3 nitrogen and oxygen atoms in total. The van der Waals surface area contributed by atoms with Crippen LogP contribution in [-0.4, -0.2) is 9.97 Å². The van der Waals surface area contributed by atoms with Crippen LogP contribution in [0.4, 0.5) is 0 Å². The Kier molecular flexibility index (Phi) is 3.83. The standard InChI is InChI=1S/C14H17N3/c1-11-6-8-15-9-13(11)10-17-12(2)14-5-3-4-7-16-14/h3-9,12,17H,10H2,1-2H3/t12-/m0/s1. The van der Waals surface area contributed by atoms with Gasteiger partial charge in [0, 0.05) is 31.2 Å². The highest BCUT2D eigenvalue weighted by molar-refractivity contribution is 5.21. The fourth-order valence-corrected chi connectivity index (χ4v) is 1.68. The Morgan fingerprint density at radius 3 is 2.82 bits per heavy atom. The third-order valence-corrected chi connectivity index (χ3v) is 2.88. The van der Waals surface area contributed by atoms with E-state index in [0.29, 0.717) is 0 Å². The molecule has 0 radical (unpaired) electrons. The van der Waals surface area contributed by atoms with Crippen molar-refractivity contribution in [3.8, 4) is 0 Å². The molecule has 0 amide bonds. The highest BCUT2D eigenvalue weighted by atomic mass is 14.9. The molecule has 2 aromatic heterocycles. The molecule has 1 N–H and O–H groups in total. The van der Waals surface area contributed by atoms with Crippen molar-refractivity contribution in [2.24, 2.45) is 0 Å². The first-order valence-electron chi connectivity index (χ1n) is 5.81. The largest absolute Gasteiger partial charge is 0.305 e. The van der Waals surface area contributed by atoms with E-state index in [1.165, 1.54) is 11.1 Å². The summed E-state index contributed by atoms with van der Waals surface area (Å²) in [4.78, 5) is 8.48. The number of hydrogen-bond donors (Lipinski definition) is 1. The topological polar surface area (TPSA) is 37.8 Å². The van der Waals surface area contributed by atoms with Gasteiger partial charge in [-0.05, 0) is 43.2 Å². The molecule has 0 unspecified atom stereocenters. The molecule has 2 aromatic rings. The molecule has 0 aliphatic rings. The van der Waals surface area contributed by atoms with Crippen LogP contribution in [-0.2, 0) is 6.54 Å². The summed E-state index contributed by atoms with van der Waals surface area (Å²) in [6.45, 7) is 5.04. The molecule has 3 heteroatoms. The molecule has 17 heavy (non-hydrogen) atoms. The Balaban J connectivity index is 1.97. The average Bonchev–Trinajstić information content (AvgIpc) is 2.38. The third kappa shape index (κ3) is 3.11. The van der Waals surface area contributed by atoms with Crippen molar-refractivity contribution in [3.05, 3.63) is 59.7 Å². The van der Waals surface area contributed by atoms with Crippen molar-refractivity contribution in [3.63, 3.8) is 0 Å². The highest BCUT2D eigenvalue weighted by Gasteiger charge is 2.06. The van der Waals surface area contributed by atoms with Crippen LogP contribution in [0.25, 0.3) is 0 Å². The summed E-state index contributed by atoms with van der Waals surface area (Å²) in [6.07, 6.45) is 5.55. The molecule has 0 aromatic carbocycles. The maximum atomic E-state index is 4.34. The molecule has 0 aliphatic heterocycles. The number of aryl methyl sites for hydroxylation is 1. The number of rotatable bonds is 4. The number of pyridine rings is 2. The fraction of sp³-hybridized carbons (Fsp3) is 0.286. The van der Waals surface area contributed by atoms with Gasteiger partial charge in [-0.25, -0.2) is 0 Å². The van der Waals surface area contributed by atoms with E-state index in [2.05, 4.69) is 29.1 Å². The number of nitrogens with one attached hydrogen (secondary N) is 1.